The van der Waals surface area contributed by atoms with Crippen LogP contribution in [0.2, 0.25) is 0 Å². The van der Waals surface area contributed by atoms with E-state index in [1.165, 1.54) is 32.1 Å². The van der Waals surface area contributed by atoms with Gasteiger partial charge in [0.05, 0.1) is 0 Å². The van der Waals surface area contributed by atoms with Gasteiger partial charge in [-0.2, -0.15) is 0 Å². The van der Waals surface area contributed by atoms with E-state index in [1.54, 1.807) is 0 Å². The van der Waals surface area contributed by atoms with E-state index in [2.05, 4.69) is 20.8 Å². The van der Waals surface area contributed by atoms with E-state index < -0.39 is 0 Å². The van der Waals surface area contributed by atoms with Gasteiger partial charge in [0.2, 0.25) is 0 Å². The molecule has 3 fully saturated rings. The quantitative estimate of drug-likeness (QED) is 0.629. The summed E-state index contributed by atoms with van der Waals surface area (Å²) in [5.74, 6) is 1.87. The Hall–Kier alpha value is -0.0400. The zero-order valence-electron chi connectivity index (χ0n) is 9.77. The summed E-state index contributed by atoms with van der Waals surface area (Å²) in [5.41, 5.74) is 7.75. The zero-order chi connectivity index (χ0) is 10.2. The van der Waals surface area contributed by atoms with Gasteiger partial charge in [-0.15, -0.1) is 0 Å². The van der Waals surface area contributed by atoms with E-state index in [0.717, 1.165) is 11.8 Å². The largest absolute Gasteiger partial charge is 0.325 e. The van der Waals surface area contributed by atoms with E-state index in [4.69, 9.17) is 5.73 Å². The molecule has 2 N–H and O–H groups in total. The van der Waals surface area contributed by atoms with E-state index >= 15 is 0 Å². The van der Waals surface area contributed by atoms with Crippen molar-refractivity contribution in [3.8, 4) is 0 Å². The number of nitrogens with two attached hydrogens (primary N) is 1. The van der Waals surface area contributed by atoms with Crippen LogP contribution in [0.1, 0.15) is 52.9 Å². The van der Waals surface area contributed by atoms with Gasteiger partial charge < -0.3 is 5.73 Å². The van der Waals surface area contributed by atoms with Gasteiger partial charge in [-0.05, 0) is 61.7 Å². The van der Waals surface area contributed by atoms with Crippen LogP contribution in [0.5, 0.6) is 0 Å². The molecule has 1 heteroatoms. The monoisotopic (exact) mass is 193 g/mol. The van der Waals surface area contributed by atoms with Gasteiger partial charge in [0.15, 0.2) is 0 Å². The van der Waals surface area contributed by atoms with Crippen LogP contribution in [0.3, 0.4) is 0 Å². The molecule has 3 aliphatic carbocycles. The van der Waals surface area contributed by atoms with Crippen molar-refractivity contribution in [3.05, 3.63) is 0 Å². The van der Waals surface area contributed by atoms with Crippen LogP contribution in [0.4, 0.5) is 0 Å². The molecule has 0 aromatic carbocycles. The minimum absolute atomic E-state index is 0.135. The second-order valence-corrected chi connectivity index (χ2v) is 6.87. The summed E-state index contributed by atoms with van der Waals surface area (Å²) >= 11 is 0. The fourth-order valence-corrected chi connectivity index (χ4v) is 5.84. The summed E-state index contributed by atoms with van der Waals surface area (Å²) in [5, 5.41) is 0. The molecule has 80 valence electrons. The normalized spacial score (nSPS) is 66.0. The third kappa shape index (κ3) is 0.711. The van der Waals surface area contributed by atoms with Crippen LogP contribution < -0.4 is 5.73 Å². The standard InChI is InChI=1S/C13H23N/c1-9-6-10-4-5-11(2)8-12(3,14)13(9,11)7-10/h9-10H,4-8,14H2,1-3H3. The van der Waals surface area contributed by atoms with Crippen molar-refractivity contribution in [1.29, 1.82) is 0 Å². The molecule has 1 spiro atoms. The zero-order valence-corrected chi connectivity index (χ0v) is 9.77. The molecule has 0 amide bonds. The van der Waals surface area contributed by atoms with E-state index in [1.807, 2.05) is 0 Å². The average molecular weight is 193 g/mol. The first-order valence-electron chi connectivity index (χ1n) is 6.20. The maximum atomic E-state index is 6.52. The van der Waals surface area contributed by atoms with Gasteiger partial charge in [-0.25, -0.2) is 0 Å². The van der Waals surface area contributed by atoms with Crippen LogP contribution in [-0.2, 0) is 0 Å². The second kappa shape index (κ2) is 2.21. The highest BCUT2D eigenvalue weighted by molar-refractivity contribution is 5.25. The van der Waals surface area contributed by atoms with Crippen molar-refractivity contribution in [1.82, 2.24) is 0 Å². The van der Waals surface area contributed by atoms with E-state index in [0.29, 0.717) is 10.8 Å². The molecule has 5 atom stereocenters. The Labute approximate surface area is 87.4 Å². The Morgan fingerprint density at radius 1 is 1.29 bits per heavy atom. The van der Waals surface area contributed by atoms with Crippen LogP contribution in [0.15, 0.2) is 0 Å². The molecule has 0 radical (unpaired) electrons. The first-order valence-corrected chi connectivity index (χ1v) is 6.20. The third-order valence-corrected chi connectivity index (χ3v) is 6.10. The summed E-state index contributed by atoms with van der Waals surface area (Å²) < 4.78 is 0. The number of fused-ring (bicyclic) bond motifs is 1. The summed E-state index contributed by atoms with van der Waals surface area (Å²) in [4.78, 5) is 0. The highest BCUT2D eigenvalue weighted by atomic mass is 14.9. The fraction of sp³-hybridized carbons (Fsp3) is 1.00. The lowest BCUT2D eigenvalue weighted by Crippen LogP contribution is -2.73. The smallest absolute Gasteiger partial charge is 0.0196 e. The number of rotatable bonds is 0. The molecule has 5 unspecified atom stereocenters. The fourth-order valence-electron chi connectivity index (χ4n) is 5.84. The molecule has 0 aromatic heterocycles. The minimum Gasteiger partial charge on any atom is -0.325 e. The predicted molar refractivity (Wildman–Crippen MR) is 58.9 cm³/mol. The van der Waals surface area contributed by atoms with E-state index in [9.17, 15) is 0 Å². The van der Waals surface area contributed by atoms with Gasteiger partial charge in [-0.1, -0.05) is 13.8 Å². The summed E-state index contributed by atoms with van der Waals surface area (Å²) in [6, 6.07) is 0. The molecule has 3 aliphatic rings. The Bertz CT molecular complexity index is 283. The van der Waals surface area contributed by atoms with E-state index in [-0.39, 0.29) is 5.54 Å². The van der Waals surface area contributed by atoms with Crippen LogP contribution in [0.25, 0.3) is 0 Å². The molecule has 3 saturated carbocycles. The summed E-state index contributed by atoms with van der Waals surface area (Å²) in [6.45, 7) is 7.26. The molecule has 0 saturated heterocycles. The summed E-state index contributed by atoms with van der Waals surface area (Å²) in [6.07, 6.45) is 7.05. The Kier molecular flexibility index (Phi) is 1.45. The molecular weight excluding hydrogens is 170 g/mol. The van der Waals surface area contributed by atoms with Gasteiger partial charge in [0.25, 0.3) is 0 Å². The Balaban J connectivity index is 2.08. The minimum atomic E-state index is 0.135. The second-order valence-electron chi connectivity index (χ2n) is 6.87. The Morgan fingerprint density at radius 2 is 2.00 bits per heavy atom. The van der Waals surface area contributed by atoms with Crippen LogP contribution in [-0.4, -0.2) is 5.54 Å². The maximum absolute atomic E-state index is 6.52. The molecule has 0 aliphatic heterocycles. The first-order chi connectivity index (χ1) is 6.41. The molecule has 0 aromatic rings. The lowest BCUT2D eigenvalue weighted by Gasteiger charge is -2.71. The number of hydrogen-bond donors (Lipinski definition) is 1. The molecule has 14 heavy (non-hydrogen) atoms. The van der Waals surface area contributed by atoms with Crippen molar-refractivity contribution < 1.29 is 0 Å². The molecule has 2 bridgehead atoms. The highest BCUT2D eigenvalue weighted by Gasteiger charge is 2.73. The molecule has 3 rings (SSSR count). The lowest BCUT2D eigenvalue weighted by molar-refractivity contribution is -0.184. The molecule has 1 nitrogen and oxygen atoms in total. The van der Waals surface area contributed by atoms with Crippen molar-refractivity contribution in [2.24, 2.45) is 28.4 Å². The maximum Gasteiger partial charge on any atom is 0.0196 e. The SMILES string of the molecule is CC1CC2CCC3(C)CC(C)(N)C13C2. The average Bonchev–Trinajstić information content (AvgIpc) is 2.37. The van der Waals surface area contributed by atoms with Gasteiger partial charge in [0, 0.05) is 5.54 Å². The van der Waals surface area contributed by atoms with Crippen LogP contribution >= 0.6 is 0 Å². The van der Waals surface area contributed by atoms with Crippen molar-refractivity contribution in [2.75, 3.05) is 0 Å². The van der Waals surface area contributed by atoms with Crippen molar-refractivity contribution in [3.63, 3.8) is 0 Å². The van der Waals surface area contributed by atoms with Crippen molar-refractivity contribution in [2.45, 2.75) is 58.4 Å². The lowest BCUT2D eigenvalue weighted by atomic mass is 9.36. The van der Waals surface area contributed by atoms with Gasteiger partial charge >= 0.3 is 0 Å². The topological polar surface area (TPSA) is 26.0 Å². The first kappa shape index (κ1) is 9.21. The third-order valence-electron chi connectivity index (χ3n) is 6.10. The Morgan fingerprint density at radius 3 is 2.57 bits per heavy atom. The predicted octanol–water partition coefficient (Wildman–Crippen LogP) is 2.94. The van der Waals surface area contributed by atoms with Crippen LogP contribution in [0, 0.1) is 22.7 Å². The highest BCUT2D eigenvalue weighted by Crippen LogP contribution is 2.76. The van der Waals surface area contributed by atoms with Crippen molar-refractivity contribution >= 4 is 0 Å². The molecular formula is C13H23N. The number of hydrogen-bond acceptors (Lipinski definition) is 1. The molecule has 0 heterocycles. The van der Waals surface area contributed by atoms with Gasteiger partial charge in [-0.3, -0.25) is 0 Å². The van der Waals surface area contributed by atoms with Gasteiger partial charge in [0.1, 0.15) is 0 Å². The summed E-state index contributed by atoms with van der Waals surface area (Å²) in [7, 11) is 0.